The molecule has 0 bridgehead atoms. The minimum atomic E-state index is -0.146. The van der Waals surface area contributed by atoms with Gasteiger partial charge in [-0.15, -0.1) is 48.1 Å². The number of nitrogens with zero attached hydrogens (tertiary/aromatic N) is 4. The molecule has 0 unspecified atom stereocenters. The summed E-state index contributed by atoms with van der Waals surface area (Å²) in [6.45, 7) is 15.8. The molecule has 6 heteroatoms. The van der Waals surface area contributed by atoms with Gasteiger partial charge in [-0.2, -0.15) is 12.1 Å². The molecule has 5 nitrogen and oxygen atoms in total. The Kier molecular flexibility index (Phi) is 11.7. The SMILES string of the molecule is CC(C)(C)c1ccc(-c2cnc(-n3c4[c-]c(Oc5[c-]c(N6[CH-]N(c7c(-c8ccccc8)cccc7-c7ccccc7)c7ccccc76)ccc5)ccc4c4ccccc43)cc2C(C)(C)C)cc1.[Pt]. The molecule has 68 heavy (non-hydrogen) atoms. The normalized spacial score (nSPS) is 12.6. The van der Waals surface area contributed by atoms with Crippen molar-refractivity contribution in [2.75, 3.05) is 9.80 Å². The molecule has 1 aliphatic heterocycles. The topological polar surface area (TPSA) is 33.5 Å². The Morgan fingerprint density at radius 2 is 1.09 bits per heavy atom. The van der Waals surface area contributed by atoms with Crippen LogP contribution in [0, 0.1) is 18.8 Å². The van der Waals surface area contributed by atoms with E-state index in [4.69, 9.17) is 9.72 Å². The monoisotopic (exact) mass is 1060 g/mol. The van der Waals surface area contributed by atoms with Crippen LogP contribution in [0.1, 0.15) is 52.7 Å². The van der Waals surface area contributed by atoms with Crippen molar-refractivity contribution in [3.63, 3.8) is 0 Å². The Labute approximate surface area is 414 Å². The van der Waals surface area contributed by atoms with Gasteiger partial charge in [0, 0.05) is 78.0 Å². The van der Waals surface area contributed by atoms with E-state index in [0.29, 0.717) is 11.5 Å². The van der Waals surface area contributed by atoms with E-state index in [-0.39, 0.29) is 31.9 Å². The van der Waals surface area contributed by atoms with Crippen molar-refractivity contribution in [3.8, 4) is 50.7 Å². The maximum Gasteiger partial charge on any atom is 0.135 e. The van der Waals surface area contributed by atoms with Crippen LogP contribution in [0.5, 0.6) is 11.5 Å². The summed E-state index contributed by atoms with van der Waals surface area (Å²) in [5.74, 6) is 2.02. The second-order valence-electron chi connectivity index (χ2n) is 19.4. The first-order chi connectivity index (χ1) is 32.5. The molecule has 0 atom stereocenters. The molecular formula is C62H51N4OPt-3. The molecule has 2 aromatic heterocycles. The largest absolute Gasteiger partial charge is 0.509 e. The van der Waals surface area contributed by atoms with Gasteiger partial charge in [-0.25, -0.2) is 4.98 Å². The fourth-order valence-corrected chi connectivity index (χ4v) is 9.48. The van der Waals surface area contributed by atoms with Gasteiger partial charge in [-0.3, -0.25) is 0 Å². The van der Waals surface area contributed by atoms with E-state index in [1.165, 1.54) is 11.1 Å². The quantitative estimate of drug-likeness (QED) is 0.142. The molecule has 338 valence electrons. The van der Waals surface area contributed by atoms with Crippen molar-refractivity contribution in [2.45, 2.75) is 52.4 Å². The Balaban J connectivity index is 0.00000539. The predicted molar refractivity (Wildman–Crippen MR) is 278 cm³/mol. The van der Waals surface area contributed by atoms with Crippen molar-refractivity contribution in [1.82, 2.24) is 9.55 Å². The van der Waals surface area contributed by atoms with E-state index in [2.05, 4.69) is 245 Å². The Morgan fingerprint density at radius 1 is 0.500 bits per heavy atom. The molecule has 0 saturated carbocycles. The number of benzene rings is 8. The molecule has 0 spiro atoms. The predicted octanol–water partition coefficient (Wildman–Crippen LogP) is 16.6. The van der Waals surface area contributed by atoms with Gasteiger partial charge in [0.1, 0.15) is 5.82 Å². The first-order valence-electron chi connectivity index (χ1n) is 23.0. The van der Waals surface area contributed by atoms with Crippen LogP contribution in [0.2, 0.25) is 0 Å². The van der Waals surface area contributed by atoms with Gasteiger partial charge in [0.25, 0.3) is 0 Å². The average molecular weight is 1060 g/mol. The zero-order chi connectivity index (χ0) is 45.9. The van der Waals surface area contributed by atoms with Crippen LogP contribution in [-0.2, 0) is 31.9 Å². The van der Waals surface area contributed by atoms with Crippen LogP contribution in [-0.4, -0.2) is 9.55 Å². The van der Waals surface area contributed by atoms with E-state index < -0.39 is 0 Å². The summed E-state index contributed by atoms with van der Waals surface area (Å²) >= 11 is 0. The van der Waals surface area contributed by atoms with Crippen molar-refractivity contribution in [1.29, 1.82) is 0 Å². The number of hydrogen-bond donors (Lipinski definition) is 0. The number of pyridine rings is 1. The minimum Gasteiger partial charge on any atom is -0.509 e. The van der Waals surface area contributed by atoms with Gasteiger partial charge in [-0.05, 0) is 68.3 Å². The Hall–Kier alpha value is -7.20. The van der Waals surface area contributed by atoms with Crippen molar-refractivity contribution in [3.05, 3.63) is 224 Å². The molecule has 0 aliphatic carbocycles. The summed E-state index contributed by atoms with van der Waals surface area (Å²) in [5, 5.41) is 2.21. The molecule has 0 saturated heterocycles. The molecule has 10 aromatic rings. The van der Waals surface area contributed by atoms with Crippen LogP contribution in [0.25, 0.3) is 61.0 Å². The van der Waals surface area contributed by atoms with Crippen LogP contribution in [0.3, 0.4) is 0 Å². The number of fused-ring (bicyclic) bond motifs is 4. The molecule has 0 N–H and O–H groups in total. The molecule has 0 radical (unpaired) electrons. The maximum atomic E-state index is 6.72. The van der Waals surface area contributed by atoms with E-state index in [1.54, 1.807) is 0 Å². The van der Waals surface area contributed by atoms with E-state index in [0.717, 1.165) is 83.8 Å². The molecule has 11 rings (SSSR count). The minimum absolute atomic E-state index is 0. The van der Waals surface area contributed by atoms with Crippen LogP contribution in [0.15, 0.2) is 194 Å². The summed E-state index contributed by atoms with van der Waals surface area (Å²) in [6.07, 6.45) is 2.04. The second kappa shape index (κ2) is 17.8. The summed E-state index contributed by atoms with van der Waals surface area (Å²) in [7, 11) is 0. The van der Waals surface area contributed by atoms with Gasteiger partial charge in [-0.1, -0.05) is 181 Å². The zero-order valence-electron chi connectivity index (χ0n) is 39.1. The number of rotatable bonds is 8. The Bertz CT molecular complexity index is 3380. The fourth-order valence-electron chi connectivity index (χ4n) is 9.48. The number of anilines is 4. The summed E-state index contributed by atoms with van der Waals surface area (Å²) in [6, 6.07) is 73.6. The van der Waals surface area contributed by atoms with E-state index in [9.17, 15) is 0 Å². The second-order valence-corrected chi connectivity index (χ2v) is 19.4. The molecule has 0 amide bonds. The third kappa shape index (κ3) is 8.20. The van der Waals surface area contributed by atoms with Crippen molar-refractivity contribution in [2.24, 2.45) is 0 Å². The average Bonchev–Trinajstić information content (AvgIpc) is 3.90. The number of hydrogen-bond acceptors (Lipinski definition) is 4. The van der Waals surface area contributed by atoms with E-state index >= 15 is 0 Å². The van der Waals surface area contributed by atoms with Crippen LogP contribution in [0.4, 0.5) is 22.7 Å². The molecule has 3 heterocycles. The number of ether oxygens (including phenoxy) is 1. The van der Waals surface area contributed by atoms with Gasteiger partial charge in [0.05, 0.1) is 0 Å². The third-order valence-corrected chi connectivity index (χ3v) is 12.9. The van der Waals surface area contributed by atoms with Crippen LogP contribution < -0.4 is 14.5 Å². The fraction of sp³-hybridized carbons (Fsp3) is 0.129. The van der Waals surface area contributed by atoms with Gasteiger partial charge in [0.15, 0.2) is 0 Å². The molecule has 0 fully saturated rings. The Morgan fingerprint density at radius 3 is 1.75 bits per heavy atom. The maximum absolute atomic E-state index is 6.72. The first-order valence-corrected chi connectivity index (χ1v) is 23.0. The van der Waals surface area contributed by atoms with Crippen LogP contribution >= 0.6 is 0 Å². The molecule has 8 aromatic carbocycles. The molecular weight excluding hydrogens is 1010 g/mol. The summed E-state index contributed by atoms with van der Waals surface area (Å²) in [4.78, 5) is 9.70. The number of para-hydroxylation sites is 4. The van der Waals surface area contributed by atoms with E-state index in [1.807, 2.05) is 24.4 Å². The summed E-state index contributed by atoms with van der Waals surface area (Å²) in [5.41, 5.74) is 15.4. The zero-order valence-corrected chi connectivity index (χ0v) is 41.3. The molecule has 1 aliphatic rings. The van der Waals surface area contributed by atoms with Gasteiger partial charge < -0.3 is 19.1 Å². The van der Waals surface area contributed by atoms with Gasteiger partial charge >= 0.3 is 0 Å². The number of aromatic nitrogens is 2. The van der Waals surface area contributed by atoms with Crippen molar-refractivity contribution >= 4 is 44.6 Å². The third-order valence-electron chi connectivity index (χ3n) is 12.9. The smallest absolute Gasteiger partial charge is 0.135 e. The summed E-state index contributed by atoms with van der Waals surface area (Å²) < 4.78 is 8.94. The van der Waals surface area contributed by atoms with Crippen molar-refractivity contribution < 1.29 is 25.8 Å². The first kappa shape index (κ1) is 44.6. The van der Waals surface area contributed by atoms with Gasteiger partial charge in [0.2, 0.25) is 0 Å². The standard InChI is InChI=1S/C62H51N4O.Pt/c1-61(2,3)45-33-31-44(32-34-45)53-40-63-59(39-54(53)62(4,5)6)66-55-28-14-13-25-51(55)52-36-35-48(38-58(52)66)67-47-24-17-23-46(37-47)64-41-65(57-30-16-15-29-56(57)64)60-49(42-19-9-7-10-20-42)26-18-27-50(60)43-21-11-8-12-22-43;/h7-36,39-41H,1-6H3;/q-3;.